The van der Waals surface area contributed by atoms with Crippen LogP contribution in [0.25, 0.3) is 0 Å². The van der Waals surface area contributed by atoms with Crippen molar-refractivity contribution in [2.24, 2.45) is 0 Å². The molecule has 0 aromatic heterocycles. The summed E-state index contributed by atoms with van der Waals surface area (Å²) in [4.78, 5) is 0. The van der Waals surface area contributed by atoms with E-state index in [1.54, 1.807) is 7.11 Å². The Morgan fingerprint density at radius 3 is 2.21 bits per heavy atom. The second kappa shape index (κ2) is 15.5. The van der Waals surface area contributed by atoms with Crippen molar-refractivity contribution in [1.29, 1.82) is 5.26 Å². The Balaban J connectivity index is -0.000000216. The molecule has 0 radical (unpaired) electrons. The fourth-order valence-electron chi connectivity index (χ4n) is 0.672. The summed E-state index contributed by atoms with van der Waals surface area (Å²) in [7, 11) is 1.65. The summed E-state index contributed by atoms with van der Waals surface area (Å²) in [6, 6.07) is 7.64. The molecule has 0 saturated carbocycles. The fourth-order valence-corrected chi connectivity index (χ4v) is 0.672. The first-order chi connectivity index (χ1) is 6.33. The molecule has 1 aromatic rings. The number of methoxy groups -OCH3 is 1. The Bertz CT molecular complexity index is 245. The average Bonchev–Trinajstić information content (AvgIpc) is 2.24. The van der Waals surface area contributed by atoms with Gasteiger partial charge in [-0.25, -0.2) is 0 Å². The predicted molar refractivity (Wildman–Crippen MR) is 51.3 cm³/mol. The first-order valence-corrected chi connectivity index (χ1v) is 10.2. The van der Waals surface area contributed by atoms with Gasteiger partial charge in [0.05, 0.1) is 12.9 Å². The normalized spacial score (nSPS) is 6.43. The van der Waals surface area contributed by atoms with Crippen molar-refractivity contribution < 1.29 is 38.1 Å². The molecule has 0 heterocycles. The molecule has 0 bridgehead atoms. The molecular formula is C9H9BrCuNOZn. The van der Waals surface area contributed by atoms with E-state index in [0.29, 0.717) is 0 Å². The number of halogens is 1. The van der Waals surface area contributed by atoms with E-state index >= 15 is 0 Å². The van der Waals surface area contributed by atoms with Gasteiger partial charge in [-0.05, 0) is 6.07 Å². The van der Waals surface area contributed by atoms with Gasteiger partial charge in [-0.3, -0.25) is 0 Å². The topological polar surface area (TPSA) is 33.0 Å². The van der Waals surface area contributed by atoms with Gasteiger partial charge in [-0.15, -0.1) is 12.1 Å². The zero-order valence-electron chi connectivity index (χ0n) is 7.76. The molecule has 0 aliphatic carbocycles. The van der Waals surface area contributed by atoms with Gasteiger partial charge in [0.25, 0.3) is 0 Å². The third kappa shape index (κ3) is 10.1. The minimum absolute atomic E-state index is 0. The molecule has 5 heteroatoms. The van der Waals surface area contributed by atoms with Crippen LogP contribution in [-0.2, 0) is 33.4 Å². The van der Waals surface area contributed by atoms with Crippen molar-refractivity contribution in [2.75, 3.05) is 7.11 Å². The SMILES string of the molecule is [C-]#N.[CH2-]c1cccc(OC)c1.[Cu+].[Zn+][Br]. The van der Waals surface area contributed by atoms with Gasteiger partial charge in [-0.2, -0.15) is 18.6 Å². The fraction of sp³-hybridized carbons (Fsp3) is 0.111. The summed E-state index contributed by atoms with van der Waals surface area (Å²) in [6.07, 6.45) is 0. The van der Waals surface area contributed by atoms with Crippen molar-refractivity contribution >= 4 is 13.6 Å². The quantitative estimate of drug-likeness (QED) is 0.573. The van der Waals surface area contributed by atoms with Crippen LogP contribution in [0.2, 0.25) is 0 Å². The number of nitrogens with zero attached hydrogens (tertiary/aromatic N) is 1. The molecule has 1 rings (SSSR count). The Morgan fingerprint density at radius 1 is 1.43 bits per heavy atom. The van der Waals surface area contributed by atoms with Crippen LogP contribution in [0.4, 0.5) is 0 Å². The van der Waals surface area contributed by atoms with Gasteiger partial charge in [0.1, 0.15) is 0 Å². The van der Waals surface area contributed by atoms with E-state index in [0.717, 1.165) is 11.3 Å². The van der Waals surface area contributed by atoms with E-state index < -0.39 is 0 Å². The van der Waals surface area contributed by atoms with E-state index in [-0.39, 0.29) is 17.1 Å². The molecule has 0 unspecified atom stereocenters. The van der Waals surface area contributed by atoms with Crippen LogP contribution in [0.1, 0.15) is 5.56 Å². The van der Waals surface area contributed by atoms with Gasteiger partial charge < -0.3 is 16.6 Å². The van der Waals surface area contributed by atoms with E-state index in [4.69, 9.17) is 16.6 Å². The van der Waals surface area contributed by atoms with Crippen LogP contribution in [0.3, 0.4) is 0 Å². The molecule has 0 spiro atoms. The van der Waals surface area contributed by atoms with Gasteiger partial charge in [0, 0.05) is 0 Å². The maximum absolute atomic E-state index is 6.25. The van der Waals surface area contributed by atoms with E-state index in [9.17, 15) is 0 Å². The van der Waals surface area contributed by atoms with Gasteiger partial charge in [0.15, 0.2) is 0 Å². The number of hydrogen-bond donors (Lipinski definition) is 0. The van der Waals surface area contributed by atoms with Crippen molar-refractivity contribution in [3.8, 4) is 5.75 Å². The third-order valence-corrected chi connectivity index (χ3v) is 1.13. The summed E-state index contributed by atoms with van der Waals surface area (Å²) < 4.78 is 4.96. The summed E-state index contributed by atoms with van der Waals surface area (Å²) in [6.45, 7) is 8.50. The molecule has 2 nitrogen and oxygen atoms in total. The van der Waals surface area contributed by atoms with Crippen molar-refractivity contribution in [1.82, 2.24) is 0 Å². The number of hydrogen-bond acceptors (Lipinski definition) is 2. The Labute approximate surface area is 113 Å². The molecule has 14 heavy (non-hydrogen) atoms. The second-order valence-electron chi connectivity index (χ2n) is 1.85. The minimum atomic E-state index is 0. The van der Waals surface area contributed by atoms with Crippen LogP contribution in [0.15, 0.2) is 24.3 Å². The van der Waals surface area contributed by atoms with Crippen LogP contribution >= 0.6 is 13.6 Å². The van der Waals surface area contributed by atoms with Gasteiger partial charge >= 0.3 is 47.0 Å². The van der Waals surface area contributed by atoms with Crippen molar-refractivity contribution in [2.45, 2.75) is 0 Å². The summed E-state index contributed by atoms with van der Waals surface area (Å²) >= 11 is 4.25. The van der Waals surface area contributed by atoms with Crippen LogP contribution < -0.4 is 4.74 Å². The Kier molecular flexibility index (Phi) is 21.6. The van der Waals surface area contributed by atoms with Crippen LogP contribution in [0.5, 0.6) is 5.75 Å². The van der Waals surface area contributed by atoms with Crippen molar-refractivity contribution in [3.05, 3.63) is 43.3 Å². The monoisotopic (exact) mass is 353 g/mol. The zero-order valence-corrected chi connectivity index (χ0v) is 13.3. The van der Waals surface area contributed by atoms with E-state index in [1.165, 1.54) is 16.3 Å². The second-order valence-corrected chi connectivity index (χ2v) is 1.85. The molecular weight excluding hydrogens is 347 g/mol. The summed E-state index contributed by atoms with van der Waals surface area (Å²) in [5.74, 6) is 0.863. The first kappa shape index (κ1) is 19.6. The number of benzene rings is 1. The molecule has 0 amide bonds. The zero-order chi connectivity index (χ0) is 10.7. The van der Waals surface area contributed by atoms with Crippen LogP contribution in [0, 0.1) is 18.8 Å². The molecule has 0 atom stereocenters. The molecule has 0 saturated heterocycles. The van der Waals surface area contributed by atoms with Gasteiger partial charge in [-0.1, -0.05) is 0 Å². The number of rotatable bonds is 1. The standard InChI is InChI=1S/C8H9O.CN.BrH.Cu.Zn/c1-7-4-3-5-8(6-7)9-2;1-2;;;/h3-6H,1H2,2H3;;1H;;/q2*-1;;+1;+2/p-1. The van der Waals surface area contributed by atoms with Gasteiger partial charge in [0.2, 0.25) is 0 Å². The molecule has 1 aromatic carbocycles. The Morgan fingerprint density at radius 2 is 1.93 bits per heavy atom. The molecule has 76 valence electrons. The first-order valence-electron chi connectivity index (χ1n) is 3.28. The van der Waals surface area contributed by atoms with Crippen LogP contribution in [-0.4, -0.2) is 7.11 Å². The number of ether oxygens (including phenoxy) is 1. The molecule has 0 N–H and O–H groups in total. The van der Waals surface area contributed by atoms with E-state index in [2.05, 4.69) is 20.5 Å². The molecule has 0 aliphatic rings. The summed E-state index contributed by atoms with van der Waals surface area (Å²) in [5.41, 5.74) is 0.981. The van der Waals surface area contributed by atoms with E-state index in [1.807, 2.05) is 24.3 Å². The average molecular weight is 356 g/mol. The third-order valence-electron chi connectivity index (χ3n) is 1.13. The summed E-state index contributed by atoms with van der Waals surface area (Å²) in [5, 5.41) is 6.25. The molecule has 0 aliphatic heterocycles. The maximum atomic E-state index is 6.25. The Hall–Kier alpha value is 0.00286. The van der Waals surface area contributed by atoms with Crippen molar-refractivity contribution in [3.63, 3.8) is 0 Å². The molecule has 0 fully saturated rings. The predicted octanol–water partition coefficient (Wildman–Crippen LogP) is 2.81.